The van der Waals surface area contributed by atoms with Gasteiger partial charge in [-0.05, 0) is 16.8 Å². The second-order valence-electron chi connectivity index (χ2n) is 3.06. The molecule has 80 valence electrons. The van der Waals surface area contributed by atoms with Crippen LogP contribution in [-0.4, -0.2) is 11.4 Å². The Labute approximate surface area is 93.6 Å². The van der Waals surface area contributed by atoms with E-state index in [0.717, 1.165) is 10.8 Å². The van der Waals surface area contributed by atoms with Crippen LogP contribution < -0.4 is 0 Å². The van der Waals surface area contributed by atoms with E-state index in [0.29, 0.717) is 11.8 Å². The molecule has 3 nitrogen and oxygen atoms in total. The number of phenols is 1. The van der Waals surface area contributed by atoms with E-state index in [-0.39, 0.29) is 5.75 Å². The first-order valence-electron chi connectivity index (χ1n) is 4.71. The van der Waals surface area contributed by atoms with Gasteiger partial charge in [0.25, 0.3) is 0 Å². The predicted molar refractivity (Wildman–Crippen MR) is 62.3 cm³/mol. The van der Waals surface area contributed by atoms with Crippen LogP contribution in [0.2, 0.25) is 0 Å². The third kappa shape index (κ3) is 2.37. The summed E-state index contributed by atoms with van der Waals surface area (Å²) in [6, 6.07) is 12.5. The Kier molecular flexibility index (Phi) is 4.05. The maximum Gasteiger partial charge on any atom is 0.154 e. The lowest BCUT2D eigenvalue weighted by Gasteiger charge is -2.01. The smallest absolute Gasteiger partial charge is 0.154 e. The van der Waals surface area contributed by atoms with Crippen LogP contribution in [0, 0.1) is 11.3 Å². The normalized spacial score (nSPS) is 8.75. The second-order valence-corrected chi connectivity index (χ2v) is 3.06. The highest BCUT2D eigenvalue weighted by Gasteiger charge is 2.03. The Hall–Kier alpha value is -2.34. The molecular weight excluding hydrogens is 202 g/mol. The van der Waals surface area contributed by atoms with Crippen LogP contribution in [0.5, 0.6) is 5.75 Å². The monoisotopic (exact) mass is 213 g/mol. The highest BCUT2D eigenvalue weighted by Crippen LogP contribution is 2.24. The number of benzene rings is 2. The first-order chi connectivity index (χ1) is 7.74. The van der Waals surface area contributed by atoms with Crippen LogP contribution in [0.3, 0.4) is 0 Å². The van der Waals surface area contributed by atoms with Gasteiger partial charge in [-0.2, -0.15) is 5.26 Å². The third-order valence-electron chi connectivity index (χ3n) is 2.07. The minimum atomic E-state index is 0.0358. The van der Waals surface area contributed by atoms with Gasteiger partial charge in [0.05, 0.1) is 11.6 Å². The summed E-state index contributed by atoms with van der Waals surface area (Å²) in [6.45, 7) is 1.43. The number of phenolic OH excluding ortho intramolecular Hbond substituents is 1. The minimum Gasteiger partial charge on any atom is -0.507 e. The van der Waals surface area contributed by atoms with Gasteiger partial charge in [-0.1, -0.05) is 30.3 Å². The standard InChI is InChI=1S/C11H8O2.C2H3N/c12-7-10-9-4-2-1-3-8(9)5-6-11(10)13;1-2-3/h1-7,13H;1H3. The van der Waals surface area contributed by atoms with E-state index < -0.39 is 0 Å². The number of rotatable bonds is 1. The highest BCUT2D eigenvalue weighted by molar-refractivity contribution is 6.00. The molecule has 16 heavy (non-hydrogen) atoms. The summed E-state index contributed by atoms with van der Waals surface area (Å²) in [5.41, 5.74) is 0.359. The van der Waals surface area contributed by atoms with Crippen molar-refractivity contribution < 1.29 is 9.90 Å². The molecule has 0 aliphatic heterocycles. The van der Waals surface area contributed by atoms with Crippen molar-refractivity contribution in [3.63, 3.8) is 0 Å². The lowest BCUT2D eigenvalue weighted by molar-refractivity contribution is 0.112. The lowest BCUT2D eigenvalue weighted by atomic mass is 10.0. The average molecular weight is 213 g/mol. The van der Waals surface area contributed by atoms with Crippen LogP contribution in [0.4, 0.5) is 0 Å². The fourth-order valence-electron chi connectivity index (χ4n) is 1.41. The van der Waals surface area contributed by atoms with E-state index in [1.54, 1.807) is 12.1 Å². The number of nitriles is 1. The molecule has 0 amide bonds. The van der Waals surface area contributed by atoms with E-state index in [9.17, 15) is 9.90 Å². The molecule has 0 saturated carbocycles. The van der Waals surface area contributed by atoms with E-state index in [1.807, 2.05) is 24.3 Å². The van der Waals surface area contributed by atoms with Crippen LogP contribution in [0.15, 0.2) is 36.4 Å². The summed E-state index contributed by atoms with van der Waals surface area (Å²) in [5.74, 6) is 0.0358. The molecule has 0 bridgehead atoms. The molecular formula is C13H11NO2. The average Bonchev–Trinajstić information content (AvgIpc) is 2.30. The zero-order valence-corrected chi connectivity index (χ0v) is 8.84. The lowest BCUT2D eigenvalue weighted by Crippen LogP contribution is -1.83. The van der Waals surface area contributed by atoms with Gasteiger partial charge in [-0.25, -0.2) is 0 Å². The number of carbonyl (C=O) groups excluding carboxylic acids is 1. The number of hydrogen-bond donors (Lipinski definition) is 1. The van der Waals surface area contributed by atoms with Crippen LogP contribution in [0.1, 0.15) is 17.3 Å². The van der Waals surface area contributed by atoms with Crippen molar-refractivity contribution in [2.24, 2.45) is 0 Å². The molecule has 0 fully saturated rings. The van der Waals surface area contributed by atoms with Crippen LogP contribution in [-0.2, 0) is 0 Å². The van der Waals surface area contributed by atoms with E-state index in [1.165, 1.54) is 13.0 Å². The Morgan fingerprint density at radius 2 is 1.88 bits per heavy atom. The maximum atomic E-state index is 10.7. The van der Waals surface area contributed by atoms with Gasteiger partial charge in [0.2, 0.25) is 0 Å². The van der Waals surface area contributed by atoms with Gasteiger partial charge in [0.1, 0.15) is 5.75 Å². The molecule has 0 unspecified atom stereocenters. The van der Waals surface area contributed by atoms with E-state index in [2.05, 4.69) is 0 Å². The Morgan fingerprint density at radius 3 is 2.50 bits per heavy atom. The van der Waals surface area contributed by atoms with Crippen molar-refractivity contribution in [3.8, 4) is 11.8 Å². The summed E-state index contributed by atoms with van der Waals surface area (Å²) in [7, 11) is 0. The highest BCUT2D eigenvalue weighted by atomic mass is 16.3. The molecule has 0 atom stereocenters. The molecule has 2 aromatic rings. The molecule has 0 saturated heterocycles. The van der Waals surface area contributed by atoms with Gasteiger partial charge >= 0.3 is 0 Å². The molecule has 0 aliphatic rings. The fraction of sp³-hybridized carbons (Fsp3) is 0.0769. The van der Waals surface area contributed by atoms with E-state index >= 15 is 0 Å². The summed E-state index contributed by atoms with van der Waals surface area (Å²) in [6.07, 6.45) is 0.678. The number of aromatic hydroxyl groups is 1. The third-order valence-corrected chi connectivity index (χ3v) is 2.07. The summed E-state index contributed by atoms with van der Waals surface area (Å²) < 4.78 is 0. The van der Waals surface area contributed by atoms with Crippen molar-refractivity contribution in [3.05, 3.63) is 42.0 Å². The molecule has 1 N–H and O–H groups in total. The van der Waals surface area contributed by atoms with Crippen molar-refractivity contribution in [1.82, 2.24) is 0 Å². The topological polar surface area (TPSA) is 61.1 Å². The van der Waals surface area contributed by atoms with Gasteiger partial charge < -0.3 is 5.11 Å². The largest absolute Gasteiger partial charge is 0.507 e. The van der Waals surface area contributed by atoms with Crippen LogP contribution in [0.25, 0.3) is 10.8 Å². The molecule has 0 aromatic heterocycles. The number of carbonyl (C=O) groups is 1. The van der Waals surface area contributed by atoms with Gasteiger partial charge in [-0.15, -0.1) is 0 Å². The molecule has 2 rings (SSSR count). The zero-order chi connectivity index (χ0) is 12.0. The van der Waals surface area contributed by atoms with Gasteiger partial charge in [0.15, 0.2) is 6.29 Å². The molecule has 0 heterocycles. The Morgan fingerprint density at radius 1 is 1.25 bits per heavy atom. The zero-order valence-electron chi connectivity index (χ0n) is 8.84. The molecule has 0 radical (unpaired) electrons. The number of aldehydes is 1. The predicted octanol–water partition coefficient (Wildman–Crippen LogP) is 2.89. The van der Waals surface area contributed by atoms with Gasteiger partial charge in [-0.3, -0.25) is 4.79 Å². The Balaban J connectivity index is 0.000000386. The molecule has 3 heteroatoms. The molecule has 0 aliphatic carbocycles. The van der Waals surface area contributed by atoms with Crippen molar-refractivity contribution >= 4 is 17.1 Å². The van der Waals surface area contributed by atoms with Gasteiger partial charge in [0, 0.05) is 6.92 Å². The van der Waals surface area contributed by atoms with Crippen molar-refractivity contribution in [2.75, 3.05) is 0 Å². The molecule has 0 spiro atoms. The Bertz CT molecular complexity index is 541. The van der Waals surface area contributed by atoms with E-state index in [4.69, 9.17) is 5.26 Å². The first kappa shape index (κ1) is 11.7. The second kappa shape index (κ2) is 5.52. The maximum absolute atomic E-state index is 10.7. The quantitative estimate of drug-likeness (QED) is 0.741. The SMILES string of the molecule is CC#N.O=Cc1c(O)ccc2ccccc12. The number of nitrogens with zero attached hydrogens (tertiary/aromatic N) is 1. The minimum absolute atomic E-state index is 0.0358. The fourth-order valence-corrected chi connectivity index (χ4v) is 1.41. The van der Waals surface area contributed by atoms with Crippen molar-refractivity contribution in [2.45, 2.75) is 6.92 Å². The molecule has 2 aromatic carbocycles. The summed E-state index contributed by atoms with van der Waals surface area (Å²) in [4.78, 5) is 10.7. The van der Waals surface area contributed by atoms with Crippen LogP contribution >= 0.6 is 0 Å². The number of hydrogen-bond acceptors (Lipinski definition) is 3. The first-order valence-corrected chi connectivity index (χ1v) is 4.71. The number of fused-ring (bicyclic) bond motifs is 1. The van der Waals surface area contributed by atoms with Crippen molar-refractivity contribution in [1.29, 1.82) is 5.26 Å². The summed E-state index contributed by atoms with van der Waals surface area (Å²) >= 11 is 0. The summed E-state index contributed by atoms with van der Waals surface area (Å²) in [5, 5.41) is 18.4.